The van der Waals surface area contributed by atoms with Gasteiger partial charge in [0.15, 0.2) is 0 Å². The highest BCUT2D eigenvalue weighted by Crippen LogP contribution is 2.27. The Balaban J connectivity index is 1.77. The van der Waals surface area contributed by atoms with Crippen molar-refractivity contribution in [3.8, 4) is 10.6 Å². The maximum atomic E-state index is 4.33. The molecular weight excluding hydrogens is 278 g/mol. The summed E-state index contributed by atoms with van der Waals surface area (Å²) in [5.41, 5.74) is 1.15. The molecule has 21 heavy (non-hydrogen) atoms. The van der Waals surface area contributed by atoms with Crippen LogP contribution in [0.5, 0.6) is 0 Å². The summed E-state index contributed by atoms with van der Waals surface area (Å²) in [6.07, 6.45) is 0.934. The van der Waals surface area contributed by atoms with E-state index in [1.807, 2.05) is 0 Å². The molecule has 108 valence electrons. The van der Waals surface area contributed by atoms with Crippen molar-refractivity contribution in [1.82, 2.24) is 15.5 Å². The summed E-state index contributed by atoms with van der Waals surface area (Å²) < 4.78 is 0. The number of aromatic nitrogens is 2. The zero-order valence-electron chi connectivity index (χ0n) is 12.3. The molecule has 0 saturated carbocycles. The van der Waals surface area contributed by atoms with Crippen LogP contribution in [0.25, 0.3) is 21.3 Å². The van der Waals surface area contributed by atoms with Crippen LogP contribution < -0.4 is 5.32 Å². The Labute approximate surface area is 129 Å². The number of hydrogen-bond donors (Lipinski definition) is 1. The zero-order valence-corrected chi connectivity index (χ0v) is 13.2. The van der Waals surface area contributed by atoms with E-state index in [1.54, 1.807) is 11.3 Å². The highest BCUT2D eigenvalue weighted by Gasteiger charge is 2.07. The Kier molecular flexibility index (Phi) is 4.27. The summed E-state index contributed by atoms with van der Waals surface area (Å²) in [7, 11) is 0. The van der Waals surface area contributed by atoms with Crippen molar-refractivity contribution in [2.24, 2.45) is 0 Å². The minimum Gasteiger partial charge on any atom is -0.314 e. The monoisotopic (exact) mass is 297 g/mol. The number of fused-ring (bicyclic) bond motifs is 1. The van der Waals surface area contributed by atoms with Crippen molar-refractivity contribution in [2.45, 2.75) is 26.3 Å². The van der Waals surface area contributed by atoms with Gasteiger partial charge in [-0.05, 0) is 16.8 Å². The summed E-state index contributed by atoms with van der Waals surface area (Å²) in [4.78, 5) is 0. The number of rotatable bonds is 5. The Bertz CT molecular complexity index is 733. The largest absolute Gasteiger partial charge is 0.314 e. The first-order valence-electron chi connectivity index (χ1n) is 7.27. The molecule has 3 rings (SSSR count). The van der Waals surface area contributed by atoms with Gasteiger partial charge in [-0.25, -0.2) is 0 Å². The van der Waals surface area contributed by atoms with Gasteiger partial charge < -0.3 is 5.32 Å². The van der Waals surface area contributed by atoms with E-state index in [1.165, 1.54) is 10.8 Å². The van der Waals surface area contributed by atoms with Crippen LogP contribution in [0, 0.1) is 0 Å². The van der Waals surface area contributed by atoms with E-state index >= 15 is 0 Å². The fourth-order valence-corrected chi connectivity index (χ4v) is 3.10. The highest BCUT2D eigenvalue weighted by atomic mass is 32.1. The SMILES string of the molecule is CC(C)NCCc1nnc(-c2ccc3ccccc3c2)s1. The van der Waals surface area contributed by atoms with E-state index in [4.69, 9.17) is 0 Å². The second-order valence-corrected chi connectivity index (χ2v) is 6.48. The Morgan fingerprint density at radius 2 is 1.86 bits per heavy atom. The predicted molar refractivity (Wildman–Crippen MR) is 89.7 cm³/mol. The molecule has 0 amide bonds. The molecule has 0 fully saturated rings. The fourth-order valence-electron chi connectivity index (χ4n) is 2.26. The standard InChI is InChI=1S/C17H19N3S/c1-12(2)18-10-9-16-19-20-17(21-16)15-8-7-13-5-3-4-6-14(13)11-15/h3-8,11-12,18H,9-10H2,1-2H3. The molecule has 0 saturated heterocycles. The third-order valence-electron chi connectivity index (χ3n) is 3.35. The average Bonchev–Trinajstić information content (AvgIpc) is 2.95. The summed E-state index contributed by atoms with van der Waals surface area (Å²) in [5, 5.41) is 16.6. The van der Waals surface area contributed by atoms with Crippen LogP contribution in [0.15, 0.2) is 42.5 Å². The van der Waals surface area contributed by atoms with Crippen molar-refractivity contribution >= 4 is 22.1 Å². The summed E-state index contributed by atoms with van der Waals surface area (Å²) in [6, 6.07) is 15.4. The first-order chi connectivity index (χ1) is 10.2. The number of benzene rings is 2. The molecule has 1 N–H and O–H groups in total. The first-order valence-corrected chi connectivity index (χ1v) is 8.09. The Hall–Kier alpha value is -1.78. The molecule has 0 unspecified atom stereocenters. The molecule has 3 aromatic rings. The molecule has 2 aromatic carbocycles. The van der Waals surface area contributed by atoms with Gasteiger partial charge in [-0.3, -0.25) is 0 Å². The van der Waals surface area contributed by atoms with Crippen LogP contribution in [0.3, 0.4) is 0 Å². The van der Waals surface area contributed by atoms with Gasteiger partial charge in [-0.2, -0.15) is 0 Å². The Morgan fingerprint density at radius 3 is 2.67 bits per heavy atom. The molecule has 0 aliphatic carbocycles. The number of hydrogen-bond acceptors (Lipinski definition) is 4. The van der Waals surface area contributed by atoms with E-state index in [0.29, 0.717) is 6.04 Å². The van der Waals surface area contributed by atoms with Crippen molar-refractivity contribution in [3.05, 3.63) is 47.5 Å². The van der Waals surface area contributed by atoms with Gasteiger partial charge in [-0.15, -0.1) is 10.2 Å². The minimum absolute atomic E-state index is 0.512. The van der Waals surface area contributed by atoms with Crippen LogP contribution in [-0.4, -0.2) is 22.8 Å². The van der Waals surface area contributed by atoms with Crippen molar-refractivity contribution in [3.63, 3.8) is 0 Å². The summed E-state index contributed by atoms with van der Waals surface area (Å²) >= 11 is 1.68. The van der Waals surface area contributed by atoms with Crippen molar-refractivity contribution in [2.75, 3.05) is 6.54 Å². The second kappa shape index (κ2) is 6.33. The summed E-state index contributed by atoms with van der Waals surface area (Å²) in [6.45, 7) is 5.26. The van der Waals surface area contributed by atoms with Gasteiger partial charge in [0.05, 0.1) is 0 Å². The van der Waals surface area contributed by atoms with Crippen LogP contribution in [0.2, 0.25) is 0 Å². The van der Waals surface area contributed by atoms with Gasteiger partial charge >= 0.3 is 0 Å². The maximum Gasteiger partial charge on any atom is 0.147 e. The van der Waals surface area contributed by atoms with Gasteiger partial charge in [0.25, 0.3) is 0 Å². The van der Waals surface area contributed by atoms with Gasteiger partial charge in [0.2, 0.25) is 0 Å². The summed E-state index contributed by atoms with van der Waals surface area (Å²) in [5.74, 6) is 0. The zero-order chi connectivity index (χ0) is 14.7. The van der Waals surface area contributed by atoms with Crippen molar-refractivity contribution < 1.29 is 0 Å². The second-order valence-electron chi connectivity index (χ2n) is 5.42. The molecule has 0 aliphatic rings. The van der Waals surface area contributed by atoms with Crippen LogP contribution in [0.1, 0.15) is 18.9 Å². The van der Waals surface area contributed by atoms with Gasteiger partial charge in [-0.1, -0.05) is 61.6 Å². The maximum absolute atomic E-state index is 4.33. The molecular formula is C17H19N3S. The lowest BCUT2D eigenvalue weighted by molar-refractivity contribution is 0.588. The molecule has 1 aromatic heterocycles. The third kappa shape index (κ3) is 3.46. The lowest BCUT2D eigenvalue weighted by Gasteiger charge is -2.05. The van der Waals surface area contributed by atoms with E-state index in [0.717, 1.165) is 28.5 Å². The first kappa shape index (κ1) is 14.2. The molecule has 4 heteroatoms. The third-order valence-corrected chi connectivity index (χ3v) is 4.39. The molecule has 0 aliphatic heterocycles. The van der Waals surface area contributed by atoms with E-state index < -0.39 is 0 Å². The highest BCUT2D eigenvalue weighted by molar-refractivity contribution is 7.14. The fraction of sp³-hybridized carbons (Fsp3) is 0.294. The smallest absolute Gasteiger partial charge is 0.147 e. The van der Waals surface area contributed by atoms with Gasteiger partial charge in [0, 0.05) is 24.6 Å². The lowest BCUT2D eigenvalue weighted by Crippen LogP contribution is -2.24. The van der Waals surface area contributed by atoms with Crippen LogP contribution in [-0.2, 0) is 6.42 Å². The van der Waals surface area contributed by atoms with Crippen molar-refractivity contribution in [1.29, 1.82) is 0 Å². The molecule has 0 atom stereocenters. The molecule has 0 radical (unpaired) electrons. The molecule has 0 spiro atoms. The quantitative estimate of drug-likeness (QED) is 0.776. The number of nitrogens with zero attached hydrogens (tertiary/aromatic N) is 2. The minimum atomic E-state index is 0.512. The topological polar surface area (TPSA) is 37.8 Å². The molecule has 3 nitrogen and oxygen atoms in total. The normalized spacial score (nSPS) is 11.4. The lowest BCUT2D eigenvalue weighted by atomic mass is 10.1. The Morgan fingerprint density at radius 1 is 1.05 bits per heavy atom. The molecule has 0 bridgehead atoms. The number of nitrogens with one attached hydrogen (secondary N) is 1. The van der Waals surface area contributed by atoms with Gasteiger partial charge in [0.1, 0.15) is 10.0 Å². The predicted octanol–water partition coefficient (Wildman–Crippen LogP) is 3.90. The van der Waals surface area contributed by atoms with E-state index in [-0.39, 0.29) is 0 Å². The molecule has 1 heterocycles. The van der Waals surface area contributed by atoms with E-state index in [2.05, 4.69) is 71.8 Å². The van der Waals surface area contributed by atoms with E-state index in [9.17, 15) is 0 Å². The van der Waals surface area contributed by atoms with Crippen LogP contribution >= 0.6 is 11.3 Å². The van der Waals surface area contributed by atoms with Crippen LogP contribution in [0.4, 0.5) is 0 Å². The average molecular weight is 297 g/mol.